The minimum absolute atomic E-state index is 1.02. The summed E-state index contributed by atoms with van der Waals surface area (Å²) in [4.78, 5) is 8.79. The van der Waals surface area contributed by atoms with Crippen LogP contribution in [0.3, 0.4) is 0 Å². The summed E-state index contributed by atoms with van der Waals surface area (Å²) in [5.41, 5.74) is 3.43. The molecule has 0 saturated carbocycles. The van der Waals surface area contributed by atoms with Crippen LogP contribution in [0.25, 0.3) is 0 Å². The molecule has 0 aromatic carbocycles. The van der Waals surface area contributed by atoms with Crippen LogP contribution in [0.4, 0.5) is 0 Å². The van der Waals surface area contributed by atoms with E-state index in [1.807, 2.05) is 31.3 Å². The van der Waals surface area contributed by atoms with Gasteiger partial charge in [-0.05, 0) is 50.5 Å². The smallest absolute Gasteiger partial charge is 0.0406 e. The summed E-state index contributed by atoms with van der Waals surface area (Å²) < 4.78 is 0. The van der Waals surface area contributed by atoms with E-state index in [9.17, 15) is 0 Å². The maximum absolute atomic E-state index is 4.48. The summed E-state index contributed by atoms with van der Waals surface area (Å²) >= 11 is 0. The molecule has 2 aromatic heterocycles. The minimum atomic E-state index is 1.02. The van der Waals surface area contributed by atoms with Crippen molar-refractivity contribution >= 4 is 0 Å². The van der Waals surface area contributed by atoms with Gasteiger partial charge < -0.3 is 0 Å². The molecule has 0 bridgehead atoms. The van der Waals surface area contributed by atoms with Gasteiger partial charge in [0.1, 0.15) is 0 Å². The largest absolute Gasteiger partial charge is 0.261 e. The Morgan fingerprint density at radius 3 is 2.50 bits per heavy atom. The first-order chi connectivity index (χ1) is 7.84. The number of aromatic nitrogens is 2. The van der Waals surface area contributed by atoms with Crippen molar-refractivity contribution in [2.24, 2.45) is 0 Å². The number of hydrogen-bond acceptors (Lipinski definition) is 2. The van der Waals surface area contributed by atoms with Crippen LogP contribution in [0.5, 0.6) is 0 Å². The molecule has 2 aromatic rings. The van der Waals surface area contributed by atoms with Gasteiger partial charge in [0, 0.05) is 23.3 Å². The van der Waals surface area contributed by atoms with Gasteiger partial charge in [-0.3, -0.25) is 9.97 Å². The van der Waals surface area contributed by atoms with Crippen molar-refractivity contribution < 1.29 is 0 Å². The topological polar surface area (TPSA) is 25.8 Å². The van der Waals surface area contributed by atoms with E-state index in [1.165, 1.54) is 5.69 Å². The molecular formula is C14H16N2. The SMILES string of the molecule is Cc1cccc(CCCc2ccccn2)n1. The van der Waals surface area contributed by atoms with E-state index in [2.05, 4.69) is 28.2 Å². The molecule has 82 valence electrons. The lowest BCUT2D eigenvalue weighted by Gasteiger charge is -2.01. The molecule has 0 saturated heterocycles. The first-order valence-electron chi connectivity index (χ1n) is 5.67. The molecule has 0 radical (unpaired) electrons. The lowest BCUT2D eigenvalue weighted by atomic mass is 10.1. The molecule has 0 atom stereocenters. The molecule has 2 heteroatoms. The highest BCUT2D eigenvalue weighted by Gasteiger charge is 1.97. The van der Waals surface area contributed by atoms with Crippen molar-refractivity contribution in [3.8, 4) is 0 Å². The molecule has 0 unspecified atom stereocenters. The second kappa shape index (κ2) is 5.40. The molecule has 0 N–H and O–H groups in total. The summed E-state index contributed by atoms with van der Waals surface area (Å²) in [6.45, 7) is 2.03. The summed E-state index contributed by atoms with van der Waals surface area (Å²) in [6.07, 6.45) is 5.00. The number of pyridine rings is 2. The third kappa shape index (κ3) is 3.16. The Hall–Kier alpha value is -1.70. The molecular weight excluding hydrogens is 196 g/mol. The van der Waals surface area contributed by atoms with Crippen molar-refractivity contribution in [2.45, 2.75) is 26.2 Å². The van der Waals surface area contributed by atoms with Crippen LogP contribution in [-0.2, 0) is 12.8 Å². The third-order valence-corrected chi connectivity index (χ3v) is 2.54. The Morgan fingerprint density at radius 2 is 1.75 bits per heavy atom. The van der Waals surface area contributed by atoms with Gasteiger partial charge in [-0.15, -0.1) is 0 Å². The average Bonchev–Trinajstić information content (AvgIpc) is 2.30. The highest BCUT2D eigenvalue weighted by atomic mass is 14.7. The average molecular weight is 212 g/mol. The Morgan fingerprint density at radius 1 is 0.938 bits per heavy atom. The normalized spacial score (nSPS) is 10.3. The second-order valence-electron chi connectivity index (χ2n) is 3.94. The van der Waals surface area contributed by atoms with Crippen molar-refractivity contribution in [1.29, 1.82) is 0 Å². The third-order valence-electron chi connectivity index (χ3n) is 2.54. The predicted octanol–water partition coefficient (Wildman–Crippen LogP) is 2.96. The molecule has 16 heavy (non-hydrogen) atoms. The number of aryl methyl sites for hydroxylation is 3. The first kappa shape index (κ1) is 10.8. The molecule has 0 amide bonds. The first-order valence-corrected chi connectivity index (χ1v) is 5.67. The zero-order chi connectivity index (χ0) is 11.2. The van der Waals surface area contributed by atoms with Crippen LogP contribution in [0, 0.1) is 6.92 Å². The summed E-state index contributed by atoms with van der Waals surface area (Å²) in [5.74, 6) is 0. The van der Waals surface area contributed by atoms with Crippen molar-refractivity contribution in [1.82, 2.24) is 9.97 Å². The fourth-order valence-electron chi connectivity index (χ4n) is 1.74. The van der Waals surface area contributed by atoms with Crippen molar-refractivity contribution in [2.75, 3.05) is 0 Å². The lowest BCUT2D eigenvalue weighted by Crippen LogP contribution is -1.95. The fourth-order valence-corrected chi connectivity index (χ4v) is 1.74. The van der Waals surface area contributed by atoms with Crippen LogP contribution >= 0.6 is 0 Å². The maximum Gasteiger partial charge on any atom is 0.0406 e. The standard InChI is InChI=1S/C14H16N2/c1-12-6-4-9-14(16-12)10-5-8-13-7-2-3-11-15-13/h2-4,6-7,9,11H,5,8,10H2,1H3. The van der Waals surface area contributed by atoms with E-state index < -0.39 is 0 Å². The fraction of sp³-hybridized carbons (Fsp3) is 0.286. The lowest BCUT2D eigenvalue weighted by molar-refractivity contribution is 0.778. The van der Waals surface area contributed by atoms with E-state index in [1.54, 1.807) is 0 Å². The number of nitrogens with zero attached hydrogens (tertiary/aromatic N) is 2. The van der Waals surface area contributed by atoms with Gasteiger partial charge in [0.25, 0.3) is 0 Å². The van der Waals surface area contributed by atoms with Gasteiger partial charge in [-0.2, -0.15) is 0 Å². The Balaban J connectivity index is 1.85. The highest BCUT2D eigenvalue weighted by molar-refractivity contribution is 5.10. The molecule has 2 rings (SSSR count). The molecule has 0 aliphatic rings. The van der Waals surface area contributed by atoms with Gasteiger partial charge >= 0.3 is 0 Å². The number of hydrogen-bond donors (Lipinski definition) is 0. The maximum atomic E-state index is 4.48. The van der Waals surface area contributed by atoms with Crippen LogP contribution in [0.2, 0.25) is 0 Å². The van der Waals surface area contributed by atoms with Gasteiger partial charge in [0.05, 0.1) is 0 Å². The Kier molecular flexibility index (Phi) is 3.65. The van der Waals surface area contributed by atoms with Gasteiger partial charge in [-0.25, -0.2) is 0 Å². The van der Waals surface area contributed by atoms with Crippen LogP contribution < -0.4 is 0 Å². The summed E-state index contributed by atoms with van der Waals surface area (Å²) in [5, 5.41) is 0. The molecule has 2 heterocycles. The van der Waals surface area contributed by atoms with E-state index in [0.29, 0.717) is 0 Å². The zero-order valence-corrected chi connectivity index (χ0v) is 9.56. The van der Waals surface area contributed by atoms with Gasteiger partial charge in [0.2, 0.25) is 0 Å². The highest BCUT2D eigenvalue weighted by Crippen LogP contribution is 2.05. The Bertz CT molecular complexity index is 437. The molecule has 0 spiro atoms. The quantitative estimate of drug-likeness (QED) is 0.778. The van der Waals surface area contributed by atoms with E-state index in [0.717, 1.165) is 30.7 Å². The zero-order valence-electron chi connectivity index (χ0n) is 9.56. The molecule has 2 nitrogen and oxygen atoms in total. The van der Waals surface area contributed by atoms with E-state index in [-0.39, 0.29) is 0 Å². The molecule has 0 aliphatic carbocycles. The van der Waals surface area contributed by atoms with Crippen molar-refractivity contribution in [3.05, 3.63) is 59.7 Å². The van der Waals surface area contributed by atoms with Crippen LogP contribution in [-0.4, -0.2) is 9.97 Å². The molecule has 0 aliphatic heterocycles. The Labute approximate surface area is 96.4 Å². The second-order valence-corrected chi connectivity index (χ2v) is 3.94. The van der Waals surface area contributed by atoms with Gasteiger partial charge in [0.15, 0.2) is 0 Å². The van der Waals surface area contributed by atoms with E-state index in [4.69, 9.17) is 0 Å². The number of rotatable bonds is 4. The minimum Gasteiger partial charge on any atom is -0.261 e. The predicted molar refractivity (Wildman–Crippen MR) is 65.2 cm³/mol. The van der Waals surface area contributed by atoms with Crippen LogP contribution in [0.1, 0.15) is 23.5 Å². The van der Waals surface area contributed by atoms with Crippen LogP contribution in [0.15, 0.2) is 42.6 Å². The van der Waals surface area contributed by atoms with Crippen molar-refractivity contribution in [3.63, 3.8) is 0 Å². The monoisotopic (exact) mass is 212 g/mol. The van der Waals surface area contributed by atoms with Gasteiger partial charge in [-0.1, -0.05) is 12.1 Å². The molecule has 0 fully saturated rings. The summed E-state index contributed by atoms with van der Waals surface area (Å²) in [6, 6.07) is 12.2. The van der Waals surface area contributed by atoms with E-state index >= 15 is 0 Å². The summed E-state index contributed by atoms with van der Waals surface area (Å²) in [7, 11) is 0.